The number of halogens is 2. The van der Waals surface area contributed by atoms with E-state index in [9.17, 15) is 4.79 Å². The van der Waals surface area contributed by atoms with E-state index in [0.717, 1.165) is 23.3 Å². The number of hydrazone groups is 1. The lowest BCUT2D eigenvalue weighted by Crippen LogP contribution is -2.41. The Labute approximate surface area is 213 Å². The molecule has 1 fully saturated rings. The quantitative estimate of drug-likeness (QED) is 0.279. The average Bonchev–Trinajstić information content (AvgIpc) is 3.27. The van der Waals surface area contributed by atoms with E-state index >= 15 is 0 Å². The minimum atomic E-state index is -0.283. The van der Waals surface area contributed by atoms with Crippen LogP contribution in [0.4, 0.5) is 5.13 Å². The Morgan fingerprint density at radius 1 is 1.15 bits per heavy atom. The fourth-order valence-electron chi connectivity index (χ4n) is 4.04. The highest BCUT2D eigenvalue weighted by Gasteiger charge is 2.33. The summed E-state index contributed by atoms with van der Waals surface area (Å²) in [6.07, 6.45) is 0.890. The molecule has 0 spiro atoms. The summed E-state index contributed by atoms with van der Waals surface area (Å²) in [4.78, 5) is 16.2. The third-order valence-corrected chi connectivity index (χ3v) is 7.10. The second kappa shape index (κ2) is 11.3. The molecule has 4 rings (SSSR count). The summed E-state index contributed by atoms with van der Waals surface area (Å²) in [5.74, 6) is -0.148. The number of piperidine rings is 1. The van der Waals surface area contributed by atoms with Crippen molar-refractivity contribution in [3.05, 3.63) is 80.8 Å². The van der Waals surface area contributed by atoms with Crippen LogP contribution in [-0.4, -0.2) is 23.3 Å². The third-order valence-electron chi connectivity index (χ3n) is 5.80. The molecule has 178 valence electrons. The zero-order valence-electron chi connectivity index (χ0n) is 18.9. The van der Waals surface area contributed by atoms with Gasteiger partial charge in [-0.1, -0.05) is 54.4 Å². The lowest BCUT2D eigenvalue weighted by Gasteiger charge is -2.37. The van der Waals surface area contributed by atoms with Gasteiger partial charge in [0.2, 0.25) is 5.13 Å². The second-order valence-electron chi connectivity index (χ2n) is 8.13. The molecule has 2 N–H and O–H groups in total. The van der Waals surface area contributed by atoms with E-state index in [2.05, 4.69) is 22.7 Å². The fourth-order valence-corrected chi connectivity index (χ4v) is 4.94. The van der Waals surface area contributed by atoms with Crippen LogP contribution in [0.15, 0.2) is 59.0 Å². The van der Waals surface area contributed by atoms with Gasteiger partial charge >= 0.3 is 5.97 Å². The van der Waals surface area contributed by atoms with E-state index in [1.807, 2.05) is 53.9 Å². The van der Waals surface area contributed by atoms with E-state index in [4.69, 9.17) is 33.0 Å². The first kappa shape index (κ1) is 24.7. The Hall–Kier alpha value is -2.45. The summed E-state index contributed by atoms with van der Waals surface area (Å²) < 4.78 is 5.00. The lowest BCUT2D eigenvalue weighted by molar-refractivity contribution is -0.142. The zero-order chi connectivity index (χ0) is 24.1. The highest BCUT2D eigenvalue weighted by molar-refractivity contribution is 7.13. The topological polar surface area (TPSA) is 75.6 Å². The summed E-state index contributed by atoms with van der Waals surface area (Å²) in [6.45, 7) is 4.31. The Balaban J connectivity index is 1.56. The first-order valence-electron chi connectivity index (χ1n) is 11.1. The van der Waals surface area contributed by atoms with Crippen LogP contribution in [0.3, 0.4) is 0 Å². The minimum Gasteiger partial charge on any atom is -0.466 e. The summed E-state index contributed by atoms with van der Waals surface area (Å²) in [5.41, 5.74) is 7.10. The van der Waals surface area contributed by atoms with Crippen molar-refractivity contribution in [2.45, 2.75) is 38.8 Å². The third kappa shape index (κ3) is 6.16. The number of rotatable bonds is 7. The van der Waals surface area contributed by atoms with Crippen molar-refractivity contribution in [3.8, 4) is 0 Å². The molecule has 0 bridgehead atoms. The number of aromatic nitrogens is 1. The van der Waals surface area contributed by atoms with Crippen LogP contribution in [0.25, 0.3) is 0 Å². The maximum atomic E-state index is 11.7. The number of anilines is 1. The summed E-state index contributed by atoms with van der Waals surface area (Å²) in [5, 5.41) is 12.4. The largest absolute Gasteiger partial charge is 0.466 e. The van der Waals surface area contributed by atoms with Crippen molar-refractivity contribution in [3.63, 3.8) is 0 Å². The van der Waals surface area contributed by atoms with Gasteiger partial charge in [-0.05, 0) is 42.3 Å². The molecule has 1 aliphatic rings. The van der Waals surface area contributed by atoms with Gasteiger partial charge in [-0.25, -0.2) is 4.98 Å². The predicted octanol–water partition coefficient (Wildman–Crippen LogP) is 6.44. The van der Waals surface area contributed by atoms with Gasteiger partial charge in [0.05, 0.1) is 18.7 Å². The number of hydrogen-bond donors (Lipinski definition) is 2. The summed E-state index contributed by atoms with van der Waals surface area (Å²) in [7, 11) is 0. The van der Waals surface area contributed by atoms with Crippen LogP contribution in [0, 0.1) is 5.92 Å². The molecule has 9 heteroatoms. The smallest absolute Gasteiger partial charge is 0.311 e. The average molecular weight is 517 g/mol. The van der Waals surface area contributed by atoms with Gasteiger partial charge in [0.15, 0.2) is 0 Å². The number of hydrogen-bond acceptors (Lipinski definition) is 7. The molecule has 34 heavy (non-hydrogen) atoms. The van der Waals surface area contributed by atoms with Gasteiger partial charge < -0.3 is 10.1 Å². The van der Waals surface area contributed by atoms with E-state index in [1.165, 1.54) is 11.3 Å². The summed E-state index contributed by atoms with van der Waals surface area (Å²) in [6, 6.07) is 16.0. The van der Waals surface area contributed by atoms with Crippen molar-refractivity contribution in [1.29, 1.82) is 0 Å². The molecule has 2 heterocycles. The Bertz CT molecular complexity index is 1150. The predicted molar refractivity (Wildman–Crippen MR) is 139 cm³/mol. The van der Waals surface area contributed by atoms with Gasteiger partial charge in [-0.2, -0.15) is 5.10 Å². The maximum Gasteiger partial charge on any atom is 0.311 e. The van der Waals surface area contributed by atoms with Gasteiger partial charge in [0.1, 0.15) is 0 Å². The van der Waals surface area contributed by atoms with Crippen LogP contribution in [-0.2, 0) is 16.0 Å². The van der Waals surface area contributed by atoms with Crippen molar-refractivity contribution >= 4 is 51.4 Å². The van der Waals surface area contributed by atoms with Crippen LogP contribution < -0.4 is 10.7 Å². The highest BCUT2D eigenvalue weighted by Crippen LogP contribution is 2.36. The molecule has 2 aromatic carbocycles. The normalized spacial score (nSPS) is 21.4. The highest BCUT2D eigenvalue weighted by atomic mass is 35.5. The molecule has 1 aliphatic heterocycles. The minimum absolute atomic E-state index is 0.0583. The molecule has 1 aromatic heterocycles. The van der Waals surface area contributed by atoms with E-state index < -0.39 is 0 Å². The Kier molecular flexibility index (Phi) is 8.21. The number of carbonyl (C=O) groups is 1. The second-order valence-corrected chi connectivity index (χ2v) is 9.86. The zero-order valence-corrected chi connectivity index (χ0v) is 21.3. The van der Waals surface area contributed by atoms with Gasteiger partial charge in [0.25, 0.3) is 0 Å². The number of ether oxygens (including phenoxy) is 1. The molecule has 3 unspecified atom stereocenters. The van der Waals surface area contributed by atoms with Gasteiger partial charge in [0, 0.05) is 45.6 Å². The maximum absolute atomic E-state index is 11.7. The number of nitrogens with zero attached hydrogens (tertiary/aromatic N) is 2. The van der Waals surface area contributed by atoms with E-state index in [-0.39, 0.29) is 30.4 Å². The summed E-state index contributed by atoms with van der Waals surface area (Å²) >= 11 is 13.6. The first-order valence-corrected chi connectivity index (χ1v) is 12.8. The molecule has 6 nitrogen and oxygen atoms in total. The number of nitrogens with one attached hydrogen (secondary N) is 2. The molecule has 0 radical (unpaired) electrons. The lowest BCUT2D eigenvalue weighted by atomic mass is 9.81. The number of esters is 1. The molecule has 0 aliphatic carbocycles. The monoisotopic (exact) mass is 516 g/mol. The van der Waals surface area contributed by atoms with Gasteiger partial charge in [-0.3, -0.25) is 10.2 Å². The molecule has 0 saturated carbocycles. The molecule has 0 amide bonds. The first-order chi connectivity index (χ1) is 16.4. The molecular weight excluding hydrogens is 491 g/mol. The standard InChI is InChI=1S/C25H26Cl2N4O2S/c1-3-33-23(32)12-20-14-34-25(28-20)31-30-21-13-22(16-4-8-18(26)9-5-16)29-24(15(21)2)17-6-10-19(27)11-7-17/h4-11,14-15,22,24,29H,3,12-13H2,1-2H3,(H,28,31)/b30-21-. The van der Waals surface area contributed by atoms with Crippen LogP contribution in [0.1, 0.15) is 49.2 Å². The van der Waals surface area contributed by atoms with E-state index in [0.29, 0.717) is 27.5 Å². The van der Waals surface area contributed by atoms with Crippen molar-refractivity contribution in [2.24, 2.45) is 11.0 Å². The van der Waals surface area contributed by atoms with Crippen molar-refractivity contribution in [2.75, 3.05) is 12.0 Å². The molecule has 3 aromatic rings. The molecule has 3 atom stereocenters. The number of thiazole rings is 1. The van der Waals surface area contributed by atoms with Crippen molar-refractivity contribution in [1.82, 2.24) is 10.3 Å². The number of benzene rings is 2. The van der Waals surface area contributed by atoms with Gasteiger partial charge in [-0.15, -0.1) is 11.3 Å². The van der Waals surface area contributed by atoms with E-state index in [1.54, 1.807) is 6.92 Å². The van der Waals surface area contributed by atoms with Crippen LogP contribution in [0.2, 0.25) is 10.0 Å². The van der Waals surface area contributed by atoms with Crippen LogP contribution in [0.5, 0.6) is 0 Å². The fraction of sp³-hybridized carbons (Fsp3) is 0.320. The SMILES string of the molecule is CCOC(=O)Cc1csc(N/N=C2/CC(c3ccc(Cl)cc3)NC(c3ccc(Cl)cc3)C2C)n1. The molecular formula is C25H26Cl2N4O2S. The van der Waals surface area contributed by atoms with Crippen LogP contribution >= 0.6 is 34.5 Å². The Morgan fingerprint density at radius 3 is 2.44 bits per heavy atom. The Morgan fingerprint density at radius 2 is 1.79 bits per heavy atom. The molecule has 1 saturated heterocycles. The number of carbonyl (C=O) groups excluding carboxylic acids is 1. The van der Waals surface area contributed by atoms with Crippen molar-refractivity contribution < 1.29 is 9.53 Å².